The average Bonchev–Trinajstić information content (AvgIpc) is 3.71. The number of rotatable bonds is 11. The lowest BCUT2D eigenvalue weighted by molar-refractivity contribution is 0.0779. The van der Waals surface area contributed by atoms with E-state index in [-0.39, 0.29) is 23.5 Å². The smallest absolute Gasteiger partial charge is 0.253 e. The summed E-state index contributed by atoms with van der Waals surface area (Å²) in [4.78, 5) is 36.0. The third kappa shape index (κ3) is 6.79. The summed E-state index contributed by atoms with van der Waals surface area (Å²) in [6.45, 7) is 3.71. The lowest BCUT2D eigenvalue weighted by Crippen LogP contribution is -2.38. The van der Waals surface area contributed by atoms with Gasteiger partial charge in [0.2, 0.25) is 5.78 Å². The molecule has 2 aromatic heterocycles. The fraction of sp³-hybridized carbons (Fsp3) is 0.306. The van der Waals surface area contributed by atoms with E-state index in [1.807, 2.05) is 90.5 Å². The largest absolute Gasteiger partial charge is 0.472 e. The number of likely N-dealkylation sites (N-methyl/N-ethyl adjacent to an activating group) is 1. The molecule has 5 aromatic rings. The topological polar surface area (TPSA) is 71.6 Å². The second-order valence-electron chi connectivity index (χ2n) is 11.7. The molecule has 8 heteroatoms. The minimum absolute atomic E-state index is 0.00995. The normalized spacial score (nSPS) is 15.0. The number of Topliss-reactive ketones (excluding diaryl/α,β-unsaturated/α-hetero) is 1. The minimum Gasteiger partial charge on any atom is -0.472 e. The number of para-hydroxylation sites is 2. The van der Waals surface area contributed by atoms with Gasteiger partial charge in [0.05, 0.1) is 30.1 Å². The number of halogens is 1. The molecule has 226 valence electrons. The van der Waals surface area contributed by atoms with E-state index in [1.165, 1.54) is 0 Å². The summed E-state index contributed by atoms with van der Waals surface area (Å²) < 4.78 is 7.31. The molecular formula is C36H37ClN4O3. The first-order valence-corrected chi connectivity index (χ1v) is 15.6. The predicted octanol–water partition coefficient (Wildman–Crippen LogP) is 7.17. The first kappa shape index (κ1) is 29.9. The highest BCUT2D eigenvalue weighted by Crippen LogP contribution is 2.28. The van der Waals surface area contributed by atoms with Gasteiger partial charge in [-0.15, -0.1) is 0 Å². The summed E-state index contributed by atoms with van der Waals surface area (Å²) >= 11 is 6.37. The van der Waals surface area contributed by atoms with E-state index in [1.54, 1.807) is 17.4 Å². The molecule has 1 saturated heterocycles. The number of imidazole rings is 1. The molecule has 1 aliphatic rings. The van der Waals surface area contributed by atoms with Gasteiger partial charge in [0, 0.05) is 41.6 Å². The van der Waals surface area contributed by atoms with Crippen LogP contribution >= 0.6 is 11.6 Å². The molecule has 1 fully saturated rings. The highest BCUT2D eigenvalue weighted by Gasteiger charge is 2.30. The molecule has 0 radical (unpaired) electrons. The van der Waals surface area contributed by atoms with Crippen molar-refractivity contribution in [1.29, 1.82) is 0 Å². The van der Waals surface area contributed by atoms with Gasteiger partial charge in [-0.3, -0.25) is 9.59 Å². The van der Waals surface area contributed by atoms with Crippen LogP contribution in [0, 0.1) is 5.92 Å². The van der Waals surface area contributed by atoms with Gasteiger partial charge in [0.1, 0.15) is 0 Å². The van der Waals surface area contributed by atoms with Gasteiger partial charge in [0.15, 0.2) is 5.82 Å². The van der Waals surface area contributed by atoms with Crippen LogP contribution in [0.2, 0.25) is 5.02 Å². The summed E-state index contributed by atoms with van der Waals surface area (Å²) in [5.41, 5.74) is 4.61. The summed E-state index contributed by atoms with van der Waals surface area (Å²) in [6.07, 6.45) is 5.84. The minimum atomic E-state index is -0.0653. The molecule has 0 N–H and O–H groups in total. The van der Waals surface area contributed by atoms with Crippen LogP contribution < -0.4 is 0 Å². The van der Waals surface area contributed by atoms with Crippen molar-refractivity contribution >= 4 is 34.3 Å². The van der Waals surface area contributed by atoms with E-state index in [2.05, 4.69) is 11.0 Å². The van der Waals surface area contributed by atoms with Gasteiger partial charge >= 0.3 is 0 Å². The van der Waals surface area contributed by atoms with E-state index in [0.717, 1.165) is 61.1 Å². The number of furan rings is 1. The van der Waals surface area contributed by atoms with Gasteiger partial charge in [-0.2, -0.15) is 0 Å². The molecule has 1 atom stereocenters. The summed E-state index contributed by atoms with van der Waals surface area (Å²) in [5, 5.41) is 0.697. The number of hydrogen-bond donors (Lipinski definition) is 0. The number of carbonyl (C=O) groups is 2. The number of hydrogen-bond acceptors (Lipinski definition) is 5. The Hall–Kier alpha value is -4.20. The Kier molecular flexibility index (Phi) is 9.24. The molecule has 0 saturated carbocycles. The van der Waals surface area contributed by atoms with Crippen LogP contribution in [0.15, 0.2) is 102 Å². The molecule has 0 spiro atoms. The van der Waals surface area contributed by atoms with E-state index < -0.39 is 0 Å². The fourth-order valence-electron chi connectivity index (χ4n) is 6.27. The Labute approximate surface area is 263 Å². The first-order valence-electron chi connectivity index (χ1n) is 15.2. The van der Waals surface area contributed by atoms with E-state index >= 15 is 0 Å². The zero-order valence-corrected chi connectivity index (χ0v) is 25.7. The van der Waals surface area contributed by atoms with Crippen molar-refractivity contribution in [2.45, 2.75) is 31.7 Å². The lowest BCUT2D eigenvalue weighted by Gasteiger charge is -2.33. The molecular weight excluding hydrogens is 572 g/mol. The second kappa shape index (κ2) is 13.6. The van der Waals surface area contributed by atoms with Crippen molar-refractivity contribution in [1.82, 2.24) is 19.4 Å². The Morgan fingerprint density at radius 2 is 1.77 bits per heavy atom. The zero-order valence-electron chi connectivity index (χ0n) is 24.9. The number of aromatic nitrogens is 2. The molecule has 1 aliphatic heterocycles. The van der Waals surface area contributed by atoms with Crippen LogP contribution in [0.4, 0.5) is 0 Å². The molecule has 1 unspecified atom stereocenters. The average molecular weight is 609 g/mol. The van der Waals surface area contributed by atoms with E-state index in [0.29, 0.717) is 29.5 Å². The Balaban J connectivity index is 1.10. The number of ketones is 1. The van der Waals surface area contributed by atoms with Crippen molar-refractivity contribution < 1.29 is 14.0 Å². The number of piperidine rings is 1. The van der Waals surface area contributed by atoms with Crippen LogP contribution in [0.3, 0.4) is 0 Å². The second-order valence-corrected chi connectivity index (χ2v) is 12.2. The van der Waals surface area contributed by atoms with Gasteiger partial charge in [0.25, 0.3) is 5.91 Å². The Bertz CT molecular complexity index is 1710. The maximum Gasteiger partial charge on any atom is 0.253 e. The van der Waals surface area contributed by atoms with Crippen LogP contribution in [0.5, 0.6) is 0 Å². The first-order chi connectivity index (χ1) is 21.5. The number of benzene rings is 3. The number of carbonyl (C=O) groups excluding carboxylic acids is 2. The third-order valence-electron chi connectivity index (χ3n) is 8.73. The molecule has 3 aromatic carbocycles. The maximum atomic E-state index is 13.8. The summed E-state index contributed by atoms with van der Waals surface area (Å²) in [7, 11) is 1.86. The van der Waals surface area contributed by atoms with Crippen molar-refractivity contribution in [2.75, 3.05) is 33.2 Å². The van der Waals surface area contributed by atoms with Crippen LogP contribution in [-0.4, -0.2) is 64.3 Å². The molecule has 44 heavy (non-hydrogen) atoms. The number of amides is 1. The molecule has 3 heterocycles. The lowest BCUT2D eigenvalue weighted by atomic mass is 9.90. The maximum absolute atomic E-state index is 13.8. The monoisotopic (exact) mass is 608 g/mol. The van der Waals surface area contributed by atoms with Gasteiger partial charge in [-0.25, -0.2) is 4.98 Å². The highest BCUT2D eigenvalue weighted by atomic mass is 35.5. The standard InChI is InChI=1S/C36H37ClN4O3/c1-39(36(43)28-8-3-2-4-9-28)24-30(29-10-7-11-31(37)22-29)16-20-40-18-14-27(15-19-40)34(42)35-38-32-12-5-6-13-33(32)41(35)23-26-17-21-44-25-26/h2-13,17,21-22,25,27,30H,14-16,18-20,23-24H2,1H3. The van der Waals surface area contributed by atoms with Crippen LogP contribution in [0.1, 0.15) is 57.3 Å². The number of fused-ring (bicyclic) bond motifs is 1. The van der Waals surface area contributed by atoms with E-state index in [4.69, 9.17) is 21.0 Å². The summed E-state index contributed by atoms with van der Waals surface area (Å²) in [6, 6.07) is 27.2. The highest BCUT2D eigenvalue weighted by molar-refractivity contribution is 6.30. The van der Waals surface area contributed by atoms with Gasteiger partial charge in [-0.05, 0) is 86.9 Å². The molecule has 6 rings (SSSR count). The van der Waals surface area contributed by atoms with Crippen LogP contribution in [0.25, 0.3) is 11.0 Å². The molecule has 7 nitrogen and oxygen atoms in total. The molecule has 0 aliphatic carbocycles. The SMILES string of the molecule is CN(CC(CCN1CCC(C(=O)c2nc3ccccc3n2Cc2ccoc2)CC1)c1cccc(Cl)c1)C(=O)c1ccccc1. The predicted molar refractivity (Wildman–Crippen MR) is 173 cm³/mol. The van der Waals surface area contributed by atoms with Crippen molar-refractivity contribution in [3.63, 3.8) is 0 Å². The van der Waals surface area contributed by atoms with Crippen molar-refractivity contribution in [3.8, 4) is 0 Å². The van der Waals surface area contributed by atoms with Crippen LogP contribution in [-0.2, 0) is 6.54 Å². The number of likely N-dealkylation sites (tertiary alicyclic amines) is 1. The Morgan fingerprint density at radius 3 is 2.52 bits per heavy atom. The quantitative estimate of drug-likeness (QED) is 0.149. The van der Waals surface area contributed by atoms with E-state index in [9.17, 15) is 9.59 Å². The molecule has 1 amide bonds. The summed E-state index contributed by atoms with van der Waals surface area (Å²) in [5.74, 6) is 0.717. The van der Waals surface area contributed by atoms with Crippen molar-refractivity contribution in [3.05, 3.63) is 125 Å². The Morgan fingerprint density at radius 1 is 1.00 bits per heavy atom. The van der Waals surface area contributed by atoms with Crippen molar-refractivity contribution in [2.24, 2.45) is 5.92 Å². The number of nitrogens with zero attached hydrogens (tertiary/aromatic N) is 4. The van der Waals surface area contributed by atoms with Gasteiger partial charge < -0.3 is 18.8 Å². The molecule has 0 bridgehead atoms. The fourth-order valence-corrected chi connectivity index (χ4v) is 6.47. The third-order valence-corrected chi connectivity index (χ3v) is 8.96. The van der Waals surface area contributed by atoms with Gasteiger partial charge in [-0.1, -0.05) is 54.1 Å². The zero-order chi connectivity index (χ0) is 30.5.